The quantitative estimate of drug-likeness (QED) is 0.443. The number of nitrogens with one attached hydrogen (secondary N) is 1. The Balaban J connectivity index is 1.81. The maximum Gasteiger partial charge on any atom is 0.243 e. The van der Waals surface area contributed by atoms with E-state index in [1.807, 2.05) is 43.3 Å². The number of methoxy groups -OCH3 is 2. The maximum atomic E-state index is 13.4. The predicted molar refractivity (Wildman–Crippen MR) is 132 cm³/mol. The van der Waals surface area contributed by atoms with Crippen molar-refractivity contribution in [2.45, 2.75) is 24.4 Å². The first-order chi connectivity index (χ1) is 16.2. The van der Waals surface area contributed by atoms with Gasteiger partial charge in [0.2, 0.25) is 15.9 Å². The summed E-state index contributed by atoms with van der Waals surface area (Å²) in [4.78, 5) is 13.0. The molecule has 9 heteroatoms. The normalized spacial score (nSPS) is 12.3. The van der Waals surface area contributed by atoms with Crippen LogP contribution < -0.4 is 14.8 Å². The minimum Gasteiger partial charge on any atom is -0.493 e. The number of hydrogen-bond acceptors (Lipinski definition) is 5. The minimum atomic E-state index is -3.95. The summed E-state index contributed by atoms with van der Waals surface area (Å²) in [5.41, 5.74) is 1.56. The highest BCUT2D eigenvalue weighted by Crippen LogP contribution is 2.30. The molecule has 3 rings (SSSR count). The fraction of sp³-hybridized carbons (Fsp3) is 0.240. The van der Waals surface area contributed by atoms with Crippen molar-refractivity contribution in [1.29, 1.82) is 0 Å². The van der Waals surface area contributed by atoms with Gasteiger partial charge in [-0.05, 0) is 54.4 Å². The molecule has 180 valence electrons. The van der Waals surface area contributed by atoms with Gasteiger partial charge >= 0.3 is 0 Å². The van der Waals surface area contributed by atoms with E-state index in [2.05, 4.69) is 5.32 Å². The van der Waals surface area contributed by atoms with Gasteiger partial charge in [-0.1, -0.05) is 48.0 Å². The van der Waals surface area contributed by atoms with Gasteiger partial charge in [0.05, 0.1) is 31.7 Å². The third-order valence-corrected chi connectivity index (χ3v) is 7.32. The Kier molecular flexibility index (Phi) is 8.55. The second-order valence-electron chi connectivity index (χ2n) is 7.62. The number of carbonyl (C=O) groups is 1. The number of nitrogens with zero attached hydrogens (tertiary/aromatic N) is 1. The lowest BCUT2D eigenvalue weighted by Crippen LogP contribution is -2.41. The highest BCUT2D eigenvalue weighted by molar-refractivity contribution is 7.89. The molecule has 0 heterocycles. The summed E-state index contributed by atoms with van der Waals surface area (Å²) >= 11 is 5.92. The highest BCUT2D eigenvalue weighted by Gasteiger charge is 2.27. The molecule has 1 amide bonds. The van der Waals surface area contributed by atoms with Crippen LogP contribution in [0.5, 0.6) is 11.5 Å². The van der Waals surface area contributed by atoms with Gasteiger partial charge in [-0.25, -0.2) is 8.42 Å². The van der Waals surface area contributed by atoms with E-state index in [4.69, 9.17) is 21.1 Å². The molecular weight excluding hydrogens is 476 g/mol. The number of benzene rings is 3. The van der Waals surface area contributed by atoms with Crippen LogP contribution in [0.1, 0.15) is 24.1 Å². The summed E-state index contributed by atoms with van der Waals surface area (Å²) < 4.78 is 38.5. The standard InChI is InChI=1S/C25H27ClN2O5S/c1-18(20-9-14-23(32-2)24(15-20)33-3)27-25(29)17-28(16-19-7-5-4-6-8-19)34(30,31)22-12-10-21(26)11-13-22/h4-15,18H,16-17H2,1-3H3,(H,27,29)/t18-/m1/s1. The molecule has 0 aliphatic rings. The van der Waals surface area contributed by atoms with Crippen molar-refractivity contribution in [3.8, 4) is 11.5 Å². The molecule has 1 atom stereocenters. The fourth-order valence-electron chi connectivity index (χ4n) is 3.42. The van der Waals surface area contributed by atoms with Crippen molar-refractivity contribution in [3.63, 3.8) is 0 Å². The van der Waals surface area contributed by atoms with E-state index < -0.39 is 15.9 Å². The first-order valence-corrected chi connectivity index (χ1v) is 12.4. The Morgan fingerprint density at radius 1 is 0.971 bits per heavy atom. The van der Waals surface area contributed by atoms with E-state index in [0.717, 1.165) is 15.4 Å². The van der Waals surface area contributed by atoms with Crippen LogP contribution in [0, 0.1) is 0 Å². The lowest BCUT2D eigenvalue weighted by Gasteiger charge is -2.23. The van der Waals surface area contributed by atoms with Crippen molar-refractivity contribution in [3.05, 3.63) is 88.9 Å². The van der Waals surface area contributed by atoms with E-state index in [1.165, 1.54) is 31.4 Å². The Labute approximate surface area is 205 Å². The van der Waals surface area contributed by atoms with Gasteiger partial charge in [0.1, 0.15) is 0 Å². The summed E-state index contributed by atoms with van der Waals surface area (Å²) in [6, 6.07) is 20.0. The molecule has 7 nitrogen and oxygen atoms in total. The van der Waals surface area contributed by atoms with E-state index in [9.17, 15) is 13.2 Å². The zero-order valence-electron chi connectivity index (χ0n) is 19.2. The summed E-state index contributed by atoms with van der Waals surface area (Å²) in [6.45, 7) is 1.51. The largest absolute Gasteiger partial charge is 0.493 e. The first-order valence-electron chi connectivity index (χ1n) is 10.6. The number of rotatable bonds is 10. The number of amides is 1. The Bertz CT molecular complexity index is 1220. The molecule has 0 unspecified atom stereocenters. The summed E-state index contributed by atoms with van der Waals surface area (Å²) in [7, 11) is -0.871. The molecule has 1 N–H and O–H groups in total. The lowest BCUT2D eigenvalue weighted by atomic mass is 10.1. The average molecular weight is 503 g/mol. The second-order valence-corrected chi connectivity index (χ2v) is 9.99. The number of halogens is 1. The van der Waals surface area contributed by atoms with E-state index in [0.29, 0.717) is 16.5 Å². The van der Waals surface area contributed by atoms with Gasteiger partial charge in [-0.15, -0.1) is 0 Å². The zero-order valence-corrected chi connectivity index (χ0v) is 20.8. The lowest BCUT2D eigenvalue weighted by molar-refractivity contribution is -0.122. The maximum absolute atomic E-state index is 13.4. The summed E-state index contributed by atoms with van der Waals surface area (Å²) in [5, 5.41) is 3.30. The van der Waals surface area contributed by atoms with Crippen molar-refractivity contribution in [1.82, 2.24) is 9.62 Å². The molecule has 0 saturated heterocycles. The number of sulfonamides is 1. The molecule has 0 spiro atoms. The van der Waals surface area contributed by atoms with Gasteiger partial charge in [0, 0.05) is 11.6 Å². The van der Waals surface area contributed by atoms with Crippen LogP contribution >= 0.6 is 11.6 Å². The van der Waals surface area contributed by atoms with Gasteiger partial charge in [0.25, 0.3) is 0 Å². The predicted octanol–water partition coefficient (Wildman–Crippen LogP) is 4.43. The van der Waals surface area contributed by atoms with Crippen LogP contribution in [0.3, 0.4) is 0 Å². The number of hydrogen-bond donors (Lipinski definition) is 1. The van der Waals surface area contributed by atoms with Gasteiger partial charge in [-0.2, -0.15) is 4.31 Å². The van der Waals surface area contributed by atoms with Gasteiger partial charge < -0.3 is 14.8 Å². The zero-order chi connectivity index (χ0) is 24.7. The van der Waals surface area contributed by atoms with Crippen molar-refractivity contribution in [2.75, 3.05) is 20.8 Å². The van der Waals surface area contributed by atoms with E-state index >= 15 is 0 Å². The van der Waals surface area contributed by atoms with Crippen molar-refractivity contribution >= 4 is 27.5 Å². The summed E-state index contributed by atoms with van der Waals surface area (Å²) in [5.74, 6) is 0.681. The molecule has 3 aromatic carbocycles. The fourth-order valence-corrected chi connectivity index (χ4v) is 4.93. The van der Waals surface area contributed by atoms with Crippen molar-refractivity contribution < 1.29 is 22.7 Å². The van der Waals surface area contributed by atoms with E-state index in [1.54, 1.807) is 19.2 Å². The topological polar surface area (TPSA) is 84.9 Å². The Morgan fingerprint density at radius 2 is 1.62 bits per heavy atom. The minimum absolute atomic E-state index is 0.0456. The van der Waals surface area contributed by atoms with Crippen LogP contribution in [0.4, 0.5) is 0 Å². The third kappa shape index (κ3) is 6.28. The molecule has 3 aromatic rings. The molecular formula is C25H27ClN2O5S. The smallest absolute Gasteiger partial charge is 0.243 e. The Hall–Kier alpha value is -3.07. The molecule has 0 fully saturated rings. The van der Waals surface area contributed by atoms with Crippen LogP contribution in [-0.2, 0) is 21.4 Å². The van der Waals surface area contributed by atoms with Crippen molar-refractivity contribution in [2.24, 2.45) is 0 Å². The molecule has 0 aliphatic carbocycles. The number of carbonyl (C=O) groups excluding carboxylic acids is 1. The molecule has 0 aliphatic heterocycles. The molecule has 0 radical (unpaired) electrons. The molecule has 0 saturated carbocycles. The monoisotopic (exact) mass is 502 g/mol. The summed E-state index contributed by atoms with van der Waals surface area (Å²) in [6.07, 6.45) is 0. The van der Waals surface area contributed by atoms with Gasteiger partial charge in [-0.3, -0.25) is 4.79 Å². The second kappa shape index (κ2) is 11.4. The molecule has 34 heavy (non-hydrogen) atoms. The molecule has 0 aromatic heterocycles. The highest BCUT2D eigenvalue weighted by atomic mass is 35.5. The third-order valence-electron chi connectivity index (χ3n) is 5.26. The van der Waals surface area contributed by atoms with Crippen LogP contribution in [0.25, 0.3) is 0 Å². The van der Waals surface area contributed by atoms with Crippen LogP contribution in [0.15, 0.2) is 77.7 Å². The van der Waals surface area contributed by atoms with Crippen LogP contribution in [0.2, 0.25) is 5.02 Å². The average Bonchev–Trinajstić information content (AvgIpc) is 2.84. The first kappa shape index (κ1) is 25.6. The van der Waals surface area contributed by atoms with E-state index in [-0.39, 0.29) is 24.0 Å². The Morgan fingerprint density at radius 3 is 2.24 bits per heavy atom. The molecule has 0 bridgehead atoms. The van der Waals surface area contributed by atoms with Gasteiger partial charge in [0.15, 0.2) is 11.5 Å². The SMILES string of the molecule is COc1ccc([C@@H](C)NC(=O)CN(Cc2ccccc2)S(=O)(=O)c2ccc(Cl)cc2)cc1OC. The number of ether oxygens (including phenoxy) is 2. The van der Waals surface area contributed by atoms with Crippen LogP contribution in [-0.4, -0.2) is 39.4 Å².